The first-order valence-electron chi connectivity index (χ1n) is 12.8. The topological polar surface area (TPSA) is 193 Å². The Labute approximate surface area is 231 Å². The second kappa shape index (κ2) is 14.4. The van der Waals surface area contributed by atoms with E-state index in [1.807, 2.05) is 4.90 Å². The minimum atomic E-state index is -2.57. The Morgan fingerprint density at radius 3 is 2.02 bits per heavy atom. The van der Waals surface area contributed by atoms with Gasteiger partial charge in [-0.2, -0.15) is 0 Å². The summed E-state index contributed by atoms with van der Waals surface area (Å²) in [5.74, 6) is -7.34. The Morgan fingerprint density at radius 1 is 0.950 bits per heavy atom. The summed E-state index contributed by atoms with van der Waals surface area (Å²) in [5.41, 5.74) is 0. The zero-order chi connectivity index (χ0) is 30.2. The van der Waals surface area contributed by atoms with Gasteiger partial charge in [-0.1, -0.05) is 0 Å². The molecule has 0 spiro atoms. The third-order valence-corrected chi connectivity index (χ3v) is 6.75. The SMILES string of the molecule is COC(=O)C1CCN([C@H]2C[C@@](O)(C(=O)OC)O[C@@H]([C@H](OC(C)=O)[C@@H](COC(C)=O)OC(C)=O)[C@@H]2NC(C)=O)CC1. The molecule has 0 saturated carbocycles. The summed E-state index contributed by atoms with van der Waals surface area (Å²) in [6, 6.07) is -1.85. The van der Waals surface area contributed by atoms with Crippen molar-refractivity contribution in [3.8, 4) is 0 Å². The number of amides is 1. The van der Waals surface area contributed by atoms with Gasteiger partial charge in [-0.3, -0.25) is 28.9 Å². The van der Waals surface area contributed by atoms with Crippen molar-refractivity contribution in [2.75, 3.05) is 33.9 Å². The normalized spacial score (nSPS) is 26.9. The van der Waals surface area contributed by atoms with E-state index in [9.17, 15) is 33.9 Å². The lowest BCUT2D eigenvalue weighted by atomic mass is 9.84. The molecular weight excluding hydrogens is 536 g/mol. The number of ether oxygens (including phenoxy) is 6. The number of methoxy groups -OCH3 is 2. The highest BCUT2D eigenvalue weighted by Gasteiger charge is 2.57. The summed E-state index contributed by atoms with van der Waals surface area (Å²) in [7, 11) is 2.34. The molecule has 226 valence electrons. The van der Waals surface area contributed by atoms with Crippen LogP contribution in [0.5, 0.6) is 0 Å². The number of carbonyl (C=O) groups excluding carboxylic acids is 6. The summed E-state index contributed by atoms with van der Waals surface area (Å²) in [6.07, 6.45) is -4.09. The molecule has 2 aliphatic rings. The maximum Gasteiger partial charge on any atom is 0.366 e. The van der Waals surface area contributed by atoms with Crippen molar-refractivity contribution < 1.29 is 62.3 Å². The third-order valence-electron chi connectivity index (χ3n) is 6.75. The van der Waals surface area contributed by atoms with Gasteiger partial charge in [-0.15, -0.1) is 0 Å². The number of esters is 5. The van der Waals surface area contributed by atoms with Gasteiger partial charge in [-0.25, -0.2) is 4.79 Å². The van der Waals surface area contributed by atoms with Crippen LogP contribution in [0.25, 0.3) is 0 Å². The lowest BCUT2D eigenvalue weighted by Gasteiger charge is -2.51. The molecule has 2 heterocycles. The molecule has 2 saturated heterocycles. The zero-order valence-electron chi connectivity index (χ0n) is 23.5. The van der Waals surface area contributed by atoms with Crippen LogP contribution in [-0.2, 0) is 57.2 Å². The van der Waals surface area contributed by atoms with Crippen LogP contribution in [0.1, 0.15) is 47.0 Å². The van der Waals surface area contributed by atoms with E-state index in [0.29, 0.717) is 25.9 Å². The quantitative estimate of drug-likeness (QED) is 0.234. The van der Waals surface area contributed by atoms with Crippen LogP contribution in [0, 0.1) is 5.92 Å². The van der Waals surface area contributed by atoms with Crippen molar-refractivity contribution in [3.63, 3.8) is 0 Å². The highest BCUT2D eigenvalue weighted by atomic mass is 16.7. The molecule has 0 aromatic carbocycles. The monoisotopic (exact) mass is 574 g/mol. The van der Waals surface area contributed by atoms with Gasteiger partial charge < -0.3 is 38.8 Å². The molecule has 0 aromatic heterocycles. The van der Waals surface area contributed by atoms with Crippen molar-refractivity contribution in [3.05, 3.63) is 0 Å². The number of rotatable bonds is 10. The van der Waals surface area contributed by atoms with Crippen LogP contribution in [0.2, 0.25) is 0 Å². The first-order chi connectivity index (χ1) is 18.7. The Hall–Kier alpha value is -3.30. The lowest BCUT2D eigenvalue weighted by Crippen LogP contribution is -2.71. The Kier molecular flexibility index (Phi) is 11.8. The van der Waals surface area contributed by atoms with Crippen LogP contribution in [0.3, 0.4) is 0 Å². The predicted molar refractivity (Wildman–Crippen MR) is 132 cm³/mol. The molecule has 1 amide bonds. The number of carbonyl (C=O) groups is 6. The standard InChI is InChI=1S/C25H38N2O13/c1-13(28)26-20-18(27-9-7-17(8-10-27)23(32)35-5)11-25(34,24(33)36-6)40-22(20)21(39-16(4)31)19(38-15(3)30)12-37-14(2)29/h17-22,34H,7-12H2,1-6H3,(H,26,28)/t18-,19+,20+,21+,22+,25-/m0/s1. The van der Waals surface area contributed by atoms with Gasteiger partial charge in [0.2, 0.25) is 5.91 Å². The number of hydrogen-bond donors (Lipinski definition) is 2. The van der Waals surface area contributed by atoms with Gasteiger partial charge in [0.15, 0.2) is 12.2 Å². The fourth-order valence-electron chi connectivity index (χ4n) is 5.10. The van der Waals surface area contributed by atoms with Gasteiger partial charge in [0, 0.05) is 40.2 Å². The van der Waals surface area contributed by atoms with E-state index in [-0.39, 0.29) is 18.3 Å². The van der Waals surface area contributed by atoms with Gasteiger partial charge in [0.05, 0.1) is 26.2 Å². The van der Waals surface area contributed by atoms with Gasteiger partial charge in [0.25, 0.3) is 5.79 Å². The molecule has 2 N–H and O–H groups in total. The molecule has 2 rings (SSSR count). The Balaban J connectivity index is 2.60. The molecule has 40 heavy (non-hydrogen) atoms. The third kappa shape index (κ3) is 8.60. The van der Waals surface area contributed by atoms with E-state index in [1.54, 1.807) is 0 Å². The van der Waals surface area contributed by atoms with E-state index in [1.165, 1.54) is 14.0 Å². The van der Waals surface area contributed by atoms with Crippen LogP contribution in [0.4, 0.5) is 0 Å². The average molecular weight is 575 g/mol. The average Bonchev–Trinajstić information content (AvgIpc) is 2.89. The molecule has 2 fully saturated rings. The number of nitrogens with one attached hydrogen (secondary N) is 1. The molecule has 15 nitrogen and oxygen atoms in total. The highest BCUT2D eigenvalue weighted by molar-refractivity contribution is 5.78. The van der Waals surface area contributed by atoms with E-state index < -0.39 is 72.6 Å². The maximum absolute atomic E-state index is 12.8. The van der Waals surface area contributed by atoms with E-state index in [4.69, 9.17) is 28.4 Å². The molecule has 6 atom stereocenters. The summed E-state index contributed by atoms with van der Waals surface area (Å²) >= 11 is 0. The number of piperidine rings is 1. The van der Waals surface area contributed by atoms with Crippen LogP contribution >= 0.6 is 0 Å². The smallest absolute Gasteiger partial charge is 0.366 e. The highest BCUT2D eigenvalue weighted by Crippen LogP contribution is 2.36. The second-order valence-corrected chi connectivity index (χ2v) is 9.71. The van der Waals surface area contributed by atoms with Crippen LogP contribution in [-0.4, -0.2) is 116 Å². The molecule has 0 bridgehead atoms. The van der Waals surface area contributed by atoms with Crippen LogP contribution < -0.4 is 5.32 Å². The maximum atomic E-state index is 12.8. The summed E-state index contributed by atoms with van der Waals surface area (Å²) in [6.45, 7) is 4.59. The summed E-state index contributed by atoms with van der Waals surface area (Å²) in [4.78, 5) is 74.7. The largest absolute Gasteiger partial charge is 0.469 e. The van der Waals surface area contributed by atoms with Crippen LogP contribution in [0.15, 0.2) is 0 Å². The van der Waals surface area contributed by atoms with Crippen molar-refractivity contribution >= 4 is 35.8 Å². The van der Waals surface area contributed by atoms with E-state index in [2.05, 4.69) is 5.32 Å². The minimum Gasteiger partial charge on any atom is -0.469 e. The molecule has 0 aliphatic carbocycles. The van der Waals surface area contributed by atoms with E-state index >= 15 is 0 Å². The number of nitrogens with zero attached hydrogens (tertiary/aromatic N) is 1. The number of likely N-dealkylation sites (tertiary alicyclic amines) is 1. The summed E-state index contributed by atoms with van der Waals surface area (Å²) < 4.78 is 31.3. The molecule has 2 aliphatic heterocycles. The fraction of sp³-hybridized carbons (Fsp3) is 0.760. The molecule has 0 unspecified atom stereocenters. The first-order valence-corrected chi connectivity index (χ1v) is 12.8. The van der Waals surface area contributed by atoms with Gasteiger partial charge in [-0.05, 0) is 25.9 Å². The van der Waals surface area contributed by atoms with Crippen molar-refractivity contribution in [2.45, 2.75) is 83.1 Å². The van der Waals surface area contributed by atoms with E-state index in [0.717, 1.165) is 27.9 Å². The van der Waals surface area contributed by atoms with Crippen molar-refractivity contribution in [2.24, 2.45) is 5.92 Å². The molecule has 0 radical (unpaired) electrons. The second-order valence-electron chi connectivity index (χ2n) is 9.71. The lowest BCUT2D eigenvalue weighted by molar-refractivity contribution is -0.293. The summed E-state index contributed by atoms with van der Waals surface area (Å²) in [5, 5.41) is 14.1. The molecule has 0 aromatic rings. The van der Waals surface area contributed by atoms with Crippen molar-refractivity contribution in [1.82, 2.24) is 10.2 Å². The van der Waals surface area contributed by atoms with Gasteiger partial charge >= 0.3 is 29.8 Å². The minimum absolute atomic E-state index is 0.323. The molecule has 15 heteroatoms. The first kappa shape index (κ1) is 32.9. The Bertz CT molecular complexity index is 964. The fourth-order valence-corrected chi connectivity index (χ4v) is 5.10. The zero-order valence-corrected chi connectivity index (χ0v) is 23.5. The number of hydrogen-bond acceptors (Lipinski definition) is 14. The Morgan fingerprint density at radius 2 is 1.55 bits per heavy atom. The number of aliphatic hydroxyl groups is 1. The predicted octanol–water partition coefficient (Wildman–Crippen LogP) is -1.18. The molecular formula is C25H38N2O13. The van der Waals surface area contributed by atoms with Crippen molar-refractivity contribution in [1.29, 1.82) is 0 Å². The van der Waals surface area contributed by atoms with Gasteiger partial charge in [0.1, 0.15) is 12.7 Å².